The maximum absolute atomic E-state index is 10.8. The highest BCUT2D eigenvalue weighted by molar-refractivity contribution is 7.17. The molecule has 0 bridgehead atoms. The van der Waals surface area contributed by atoms with Gasteiger partial charge in [0.05, 0.1) is 24.1 Å². The number of benzene rings is 1. The first kappa shape index (κ1) is 16.8. The fourth-order valence-corrected chi connectivity index (χ4v) is 4.49. The van der Waals surface area contributed by atoms with Gasteiger partial charge in [-0.1, -0.05) is 42.0 Å². The summed E-state index contributed by atoms with van der Waals surface area (Å²) in [6.45, 7) is 4.95. The third-order valence-electron chi connectivity index (χ3n) is 4.38. The second kappa shape index (κ2) is 6.92. The monoisotopic (exact) mass is 378 g/mol. The summed E-state index contributed by atoms with van der Waals surface area (Å²) in [6, 6.07) is 7.69. The Labute approximate surface area is 154 Å². The van der Waals surface area contributed by atoms with Crippen LogP contribution in [0.15, 0.2) is 24.3 Å². The van der Waals surface area contributed by atoms with Crippen LogP contribution in [0.2, 0.25) is 5.02 Å². The van der Waals surface area contributed by atoms with Gasteiger partial charge in [0.15, 0.2) is 5.82 Å². The fourth-order valence-electron chi connectivity index (χ4n) is 3.16. The maximum Gasteiger partial charge on any atom is 0.230 e. The largest absolute Gasteiger partial charge is 0.492 e. The zero-order chi connectivity index (χ0) is 17.4. The van der Waals surface area contributed by atoms with Gasteiger partial charge in [0, 0.05) is 24.5 Å². The highest BCUT2D eigenvalue weighted by Crippen LogP contribution is 2.40. The van der Waals surface area contributed by atoms with Crippen molar-refractivity contribution in [2.45, 2.75) is 19.4 Å². The van der Waals surface area contributed by atoms with Crippen LogP contribution in [-0.2, 0) is 11.2 Å². The van der Waals surface area contributed by atoms with Crippen molar-refractivity contribution in [1.82, 2.24) is 19.5 Å². The second-order valence-corrected chi connectivity index (χ2v) is 7.42. The van der Waals surface area contributed by atoms with Gasteiger partial charge in [-0.3, -0.25) is 4.90 Å². The van der Waals surface area contributed by atoms with E-state index >= 15 is 0 Å². The quantitative estimate of drug-likeness (QED) is 0.755. The average Bonchev–Trinajstić information content (AvgIpc) is 3.16. The summed E-state index contributed by atoms with van der Waals surface area (Å²) in [7, 11) is 0. The summed E-state index contributed by atoms with van der Waals surface area (Å²) in [5.74, 6) is 0.891. The van der Waals surface area contributed by atoms with Crippen molar-refractivity contribution >= 4 is 27.9 Å². The number of morpholine rings is 1. The first-order valence-corrected chi connectivity index (χ1v) is 9.51. The normalized spacial score (nSPS) is 17.2. The van der Waals surface area contributed by atoms with Gasteiger partial charge in [0.2, 0.25) is 10.8 Å². The number of nitrogens with zero attached hydrogens (tertiary/aromatic N) is 4. The molecule has 132 valence electrons. The van der Waals surface area contributed by atoms with Gasteiger partial charge in [0.1, 0.15) is 0 Å². The van der Waals surface area contributed by atoms with E-state index in [1.807, 2.05) is 31.2 Å². The molecule has 0 amide bonds. The third-order valence-corrected chi connectivity index (χ3v) is 5.69. The Morgan fingerprint density at radius 2 is 2.16 bits per heavy atom. The first-order valence-electron chi connectivity index (χ1n) is 8.32. The molecule has 1 N–H and O–H groups in total. The average molecular weight is 379 g/mol. The number of aryl methyl sites for hydroxylation is 1. The van der Waals surface area contributed by atoms with Gasteiger partial charge in [0.25, 0.3) is 0 Å². The SMILES string of the molecule is CCc1nc2sc([C@H](c3cccc(Cl)c3)N3CCOCC3)c(O)n2n1. The Morgan fingerprint density at radius 3 is 2.84 bits per heavy atom. The summed E-state index contributed by atoms with van der Waals surface area (Å²) in [4.78, 5) is 8.35. The van der Waals surface area contributed by atoms with Gasteiger partial charge >= 0.3 is 0 Å². The maximum atomic E-state index is 10.8. The summed E-state index contributed by atoms with van der Waals surface area (Å²) >= 11 is 7.70. The van der Waals surface area contributed by atoms with Gasteiger partial charge < -0.3 is 9.84 Å². The topological polar surface area (TPSA) is 62.9 Å². The molecule has 0 saturated carbocycles. The summed E-state index contributed by atoms with van der Waals surface area (Å²) < 4.78 is 7.03. The van der Waals surface area contributed by atoms with E-state index in [1.54, 1.807) is 0 Å². The Balaban J connectivity index is 1.82. The molecule has 4 rings (SSSR count). The Bertz CT molecular complexity index is 888. The van der Waals surface area contributed by atoms with E-state index in [0.717, 1.165) is 35.8 Å². The van der Waals surface area contributed by atoms with Crippen LogP contribution in [0.25, 0.3) is 4.96 Å². The Morgan fingerprint density at radius 1 is 1.36 bits per heavy atom. The van der Waals surface area contributed by atoms with Gasteiger partial charge in [-0.25, -0.2) is 4.98 Å². The van der Waals surface area contributed by atoms with Crippen molar-refractivity contribution < 1.29 is 9.84 Å². The van der Waals surface area contributed by atoms with Crippen molar-refractivity contribution in [3.63, 3.8) is 0 Å². The van der Waals surface area contributed by atoms with E-state index in [1.165, 1.54) is 15.9 Å². The molecule has 3 heterocycles. The summed E-state index contributed by atoms with van der Waals surface area (Å²) in [5.41, 5.74) is 1.05. The number of hydrogen-bond donors (Lipinski definition) is 1. The number of halogens is 1. The molecule has 0 aliphatic carbocycles. The standard InChI is InChI=1S/C17H19ClN4O2S/c1-2-13-19-17-22(20-13)16(23)15(25-17)14(21-6-8-24-9-7-21)11-4-3-5-12(18)10-11/h3-5,10,14,23H,2,6-9H2,1H3/t14-/m0/s1. The molecule has 8 heteroatoms. The third kappa shape index (κ3) is 3.13. The highest BCUT2D eigenvalue weighted by atomic mass is 35.5. The molecule has 1 aliphatic heterocycles. The van der Waals surface area contributed by atoms with Crippen molar-refractivity contribution in [2.75, 3.05) is 26.3 Å². The van der Waals surface area contributed by atoms with Crippen LogP contribution in [0, 0.1) is 0 Å². The molecule has 0 unspecified atom stereocenters. The molecular formula is C17H19ClN4O2S. The van der Waals surface area contributed by atoms with Crippen molar-refractivity contribution in [3.05, 3.63) is 45.6 Å². The summed E-state index contributed by atoms with van der Waals surface area (Å²) in [5, 5.41) is 15.9. The lowest BCUT2D eigenvalue weighted by atomic mass is 10.0. The number of hydrogen-bond acceptors (Lipinski definition) is 6. The highest BCUT2D eigenvalue weighted by Gasteiger charge is 2.30. The van der Waals surface area contributed by atoms with Crippen LogP contribution in [0.3, 0.4) is 0 Å². The number of thiazole rings is 1. The molecule has 3 aromatic rings. The number of ether oxygens (including phenoxy) is 1. The smallest absolute Gasteiger partial charge is 0.230 e. The molecule has 1 atom stereocenters. The summed E-state index contributed by atoms with van der Waals surface area (Å²) in [6.07, 6.45) is 0.740. The predicted octanol–water partition coefficient (Wildman–Crippen LogP) is 3.13. The van der Waals surface area contributed by atoms with Crippen molar-refractivity contribution in [1.29, 1.82) is 0 Å². The lowest BCUT2D eigenvalue weighted by Crippen LogP contribution is -2.39. The molecule has 2 aromatic heterocycles. The van der Waals surface area contributed by atoms with E-state index in [4.69, 9.17) is 16.3 Å². The number of rotatable bonds is 4. The molecule has 0 radical (unpaired) electrons. The lowest BCUT2D eigenvalue weighted by molar-refractivity contribution is 0.0241. The Hall–Kier alpha value is -1.67. The molecule has 1 aliphatic rings. The van der Waals surface area contributed by atoms with Crippen LogP contribution < -0.4 is 0 Å². The molecular weight excluding hydrogens is 360 g/mol. The van der Waals surface area contributed by atoms with E-state index in [2.05, 4.69) is 15.0 Å². The second-order valence-electron chi connectivity index (χ2n) is 5.97. The number of aromatic nitrogens is 3. The zero-order valence-electron chi connectivity index (χ0n) is 13.9. The minimum atomic E-state index is -0.0961. The first-order chi connectivity index (χ1) is 12.2. The molecule has 25 heavy (non-hydrogen) atoms. The van der Waals surface area contributed by atoms with E-state index < -0.39 is 0 Å². The molecule has 6 nitrogen and oxygen atoms in total. The van der Waals surface area contributed by atoms with Gasteiger partial charge in [-0.2, -0.15) is 4.52 Å². The van der Waals surface area contributed by atoms with Crippen molar-refractivity contribution in [3.8, 4) is 5.88 Å². The molecule has 1 fully saturated rings. The number of aromatic hydroxyl groups is 1. The fraction of sp³-hybridized carbons (Fsp3) is 0.412. The van der Waals surface area contributed by atoms with E-state index in [0.29, 0.717) is 23.2 Å². The minimum Gasteiger partial charge on any atom is -0.492 e. The lowest BCUT2D eigenvalue weighted by Gasteiger charge is -2.34. The molecule has 1 aromatic carbocycles. The molecule has 1 saturated heterocycles. The van der Waals surface area contributed by atoms with Crippen LogP contribution >= 0.6 is 22.9 Å². The predicted molar refractivity (Wildman–Crippen MR) is 97.6 cm³/mol. The van der Waals surface area contributed by atoms with Gasteiger partial charge in [-0.05, 0) is 17.7 Å². The Kier molecular flexibility index (Phi) is 4.64. The van der Waals surface area contributed by atoms with Crippen LogP contribution in [-0.4, -0.2) is 50.9 Å². The van der Waals surface area contributed by atoms with Crippen LogP contribution in [0.1, 0.15) is 29.2 Å². The van der Waals surface area contributed by atoms with Gasteiger partial charge in [-0.15, -0.1) is 5.10 Å². The van der Waals surface area contributed by atoms with E-state index in [9.17, 15) is 5.11 Å². The van der Waals surface area contributed by atoms with E-state index in [-0.39, 0.29) is 11.9 Å². The molecule has 0 spiro atoms. The number of fused-ring (bicyclic) bond motifs is 1. The van der Waals surface area contributed by atoms with Crippen LogP contribution in [0.5, 0.6) is 5.88 Å². The van der Waals surface area contributed by atoms with Crippen molar-refractivity contribution in [2.24, 2.45) is 0 Å². The minimum absolute atomic E-state index is 0.0961. The zero-order valence-corrected chi connectivity index (χ0v) is 15.4. The van der Waals surface area contributed by atoms with Crippen LogP contribution in [0.4, 0.5) is 0 Å².